The zero-order chi connectivity index (χ0) is 12.1. The van der Waals surface area contributed by atoms with E-state index in [-0.39, 0.29) is 12.3 Å². The fourth-order valence-corrected chi connectivity index (χ4v) is 2.08. The molecule has 1 amide bonds. The van der Waals surface area contributed by atoms with E-state index in [0.717, 1.165) is 25.9 Å². The monoisotopic (exact) mass is 228 g/mol. The Balaban J connectivity index is 2.30. The number of nitrogens with zero attached hydrogens (tertiary/aromatic N) is 2. The zero-order valence-electron chi connectivity index (χ0n) is 9.98. The molecule has 92 valence electrons. The summed E-state index contributed by atoms with van der Waals surface area (Å²) in [5.41, 5.74) is 0. The number of carbonyl (C=O) groups excluding carboxylic acids is 1. The Bertz CT molecular complexity index is 260. The molecular formula is C11H20N2O3. The Labute approximate surface area is 96.0 Å². The number of hydrogen-bond acceptors (Lipinski definition) is 3. The third kappa shape index (κ3) is 3.81. The minimum absolute atomic E-state index is 0.131. The van der Waals surface area contributed by atoms with Crippen molar-refractivity contribution in [1.82, 2.24) is 9.80 Å². The Kier molecular flexibility index (Phi) is 4.73. The molecular weight excluding hydrogens is 208 g/mol. The van der Waals surface area contributed by atoms with Crippen molar-refractivity contribution in [2.45, 2.75) is 32.2 Å². The first-order chi connectivity index (χ1) is 7.50. The molecule has 1 saturated heterocycles. The van der Waals surface area contributed by atoms with Gasteiger partial charge in [-0.2, -0.15) is 0 Å². The van der Waals surface area contributed by atoms with Crippen molar-refractivity contribution in [1.29, 1.82) is 0 Å². The second kappa shape index (κ2) is 5.84. The number of carboxylic acids is 1. The third-order valence-corrected chi connectivity index (χ3v) is 3.21. The number of carbonyl (C=O) groups is 2. The first-order valence-corrected chi connectivity index (χ1v) is 5.68. The number of rotatable bonds is 4. The average Bonchev–Trinajstić information content (AvgIpc) is 2.26. The molecule has 1 aliphatic rings. The minimum Gasteiger partial charge on any atom is -0.481 e. The summed E-state index contributed by atoms with van der Waals surface area (Å²) in [6.45, 7) is 3.75. The lowest BCUT2D eigenvalue weighted by atomic mass is 10.0. The summed E-state index contributed by atoms with van der Waals surface area (Å²) >= 11 is 0. The highest BCUT2D eigenvalue weighted by Crippen LogP contribution is 2.15. The van der Waals surface area contributed by atoms with E-state index in [9.17, 15) is 9.59 Å². The van der Waals surface area contributed by atoms with Crippen LogP contribution in [0.4, 0.5) is 0 Å². The Morgan fingerprint density at radius 1 is 1.38 bits per heavy atom. The number of likely N-dealkylation sites (tertiary alicyclic amines) is 1. The summed E-state index contributed by atoms with van der Waals surface area (Å²) in [7, 11) is 1.96. The van der Waals surface area contributed by atoms with Crippen molar-refractivity contribution >= 4 is 11.9 Å². The van der Waals surface area contributed by atoms with Crippen molar-refractivity contribution in [2.24, 2.45) is 0 Å². The molecule has 0 spiro atoms. The van der Waals surface area contributed by atoms with Crippen LogP contribution < -0.4 is 0 Å². The molecule has 0 saturated carbocycles. The van der Waals surface area contributed by atoms with Gasteiger partial charge in [0.2, 0.25) is 5.91 Å². The maximum absolute atomic E-state index is 11.1. The van der Waals surface area contributed by atoms with Gasteiger partial charge < -0.3 is 14.9 Å². The molecule has 1 N–H and O–H groups in total. The molecule has 0 aromatic carbocycles. The SMILES string of the molecule is CC(=O)N1CCC(N(C)CCC(=O)O)CC1. The number of carboxylic acid groups (broad SMARTS) is 1. The topological polar surface area (TPSA) is 60.9 Å². The Hall–Kier alpha value is -1.10. The van der Waals surface area contributed by atoms with Gasteiger partial charge in [0.05, 0.1) is 6.42 Å². The van der Waals surface area contributed by atoms with E-state index < -0.39 is 5.97 Å². The van der Waals surface area contributed by atoms with E-state index in [1.807, 2.05) is 11.9 Å². The fourth-order valence-electron chi connectivity index (χ4n) is 2.08. The van der Waals surface area contributed by atoms with E-state index >= 15 is 0 Å². The fraction of sp³-hybridized carbons (Fsp3) is 0.818. The van der Waals surface area contributed by atoms with Gasteiger partial charge in [-0.1, -0.05) is 0 Å². The molecule has 0 aromatic rings. The first-order valence-electron chi connectivity index (χ1n) is 5.68. The van der Waals surface area contributed by atoms with Gasteiger partial charge in [0.1, 0.15) is 0 Å². The van der Waals surface area contributed by atoms with Crippen molar-refractivity contribution in [3.63, 3.8) is 0 Å². The van der Waals surface area contributed by atoms with E-state index in [2.05, 4.69) is 4.90 Å². The maximum atomic E-state index is 11.1. The normalized spacial score (nSPS) is 17.8. The molecule has 1 fully saturated rings. The Morgan fingerprint density at radius 2 is 1.94 bits per heavy atom. The molecule has 0 bridgehead atoms. The van der Waals surface area contributed by atoms with Crippen LogP contribution in [0, 0.1) is 0 Å². The lowest BCUT2D eigenvalue weighted by molar-refractivity contribution is -0.137. The zero-order valence-corrected chi connectivity index (χ0v) is 9.98. The van der Waals surface area contributed by atoms with Gasteiger partial charge in [-0.25, -0.2) is 0 Å². The van der Waals surface area contributed by atoms with E-state index in [1.54, 1.807) is 6.92 Å². The number of hydrogen-bond donors (Lipinski definition) is 1. The predicted molar refractivity (Wildman–Crippen MR) is 60.2 cm³/mol. The van der Waals surface area contributed by atoms with Crippen LogP contribution in [0.25, 0.3) is 0 Å². The van der Waals surface area contributed by atoms with Gasteiger partial charge in [-0.05, 0) is 19.9 Å². The molecule has 0 aromatic heterocycles. The summed E-state index contributed by atoms with van der Waals surface area (Å²) in [4.78, 5) is 25.5. The summed E-state index contributed by atoms with van der Waals surface area (Å²) < 4.78 is 0. The second-order valence-electron chi connectivity index (χ2n) is 4.36. The van der Waals surface area contributed by atoms with Crippen molar-refractivity contribution in [2.75, 3.05) is 26.7 Å². The largest absolute Gasteiger partial charge is 0.481 e. The molecule has 1 aliphatic heterocycles. The third-order valence-electron chi connectivity index (χ3n) is 3.21. The second-order valence-corrected chi connectivity index (χ2v) is 4.36. The predicted octanol–water partition coefficient (Wildman–Crippen LogP) is 0.404. The molecule has 5 heteroatoms. The molecule has 0 radical (unpaired) electrons. The highest BCUT2D eigenvalue weighted by atomic mass is 16.4. The van der Waals surface area contributed by atoms with Crippen LogP contribution in [0.15, 0.2) is 0 Å². The molecule has 16 heavy (non-hydrogen) atoms. The van der Waals surface area contributed by atoms with Gasteiger partial charge in [0.15, 0.2) is 0 Å². The number of piperidine rings is 1. The average molecular weight is 228 g/mol. The van der Waals surface area contributed by atoms with Crippen molar-refractivity contribution < 1.29 is 14.7 Å². The van der Waals surface area contributed by atoms with E-state index in [0.29, 0.717) is 12.6 Å². The number of aliphatic carboxylic acids is 1. The molecule has 0 unspecified atom stereocenters. The summed E-state index contributed by atoms with van der Waals surface area (Å²) in [5.74, 6) is -0.625. The maximum Gasteiger partial charge on any atom is 0.304 e. The van der Waals surface area contributed by atoms with Crippen LogP contribution >= 0.6 is 0 Å². The highest BCUT2D eigenvalue weighted by molar-refractivity contribution is 5.73. The van der Waals surface area contributed by atoms with Crippen LogP contribution in [0.2, 0.25) is 0 Å². The van der Waals surface area contributed by atoms with Gasteiger partial charge >= 0.3 is 5.97 Å². The van der Waals surface area contributed by atoms with Crippen molar-refractivity contribution in [3.05, 3.63) is 0 Å². The standard InChI is InChI=1S/C11H20N2O3/c1-9(14)13-7-3-10(4-8-13)12(2)6-5-11(15)16/h10H,3-8H2,1-2H3,(H,15,16). The van der Waals surface area contributed by atoms with Gasteiger partial charge in [0.25, 0.3) is 0 Å². The smallest absolute Gasteiger partial charge is 0.304 e. The molecule has 5 nitrogen and oxygen atoms in total. The van der Waals surface area contributed by atoms with Gasteiger partial charge in [-0.15, -0.1) is 0 Å². The van der Waals surface area contributed by atoms with Crippen LogP contribution in [0.1, 0.15) is 26.2 Å². The quantitative estimate of drug-likeness (QED) is 0.757. The number of amides is 1. The molecule has 1 rings (SSSR count). The van der Waals surface area contributed by atoms with Crippen LogP contribution in [0.5, 0.6) is 0 Å². The van der Waals surface area contributed by atoms with Crippen LogP contribution in [0.3, 0.4) is 0 Å². The van der Waals surface area contributed by atoms with E-state index in [1.165, 1.54) is 0 Å². The molecule has 1 heterocycles. The van der Waals surface area contributed by atoms with Gasteiger partial charge in [-0.3, -0.25) is 9.59 Å². The van der Waals surface area contributed by atoms with Crippen LogP contribution in [-0.2, 0) is 9.59 Å². The summed E-state index contributed by atoms with van der Waals surface area (Å²) in [5, 5.41) is 8.60. The van der Waals surface area contributed by atoms with Crippen LogP contribution in [-0.4, -0.2) is 59.5 Å². The minimum atomic E-state index is -0.756. The Morgan fingerprint density at radius 3 is 2.38 bits per heavy atom. The lowest BCUT2D eigenvalue weighted by Crippen LogP contribution is -2.45. The lowest BCUT2D eigenvalue weighted by Gasteiger charge is -2.36. The summed E-state index contributed by atoms with van der Waals surface area (Å²) in [6.07, 6.45) is 2.06. The van der Waals surface area contributed by atoms with Gasteiger partial charge in [0, 0.05) is 32.6 Å². The highest BCUT2D eigenvalue weighted by Gasteiger charge is 2.23. The van der Waals surface area contributed by atoms with Crippen molar-refractivity contribution in [3.8, 4) is 0 Å². The summed E-state index contributed by atoms with van der Waals surface area (Å²) in [6, 6.07) is 0.412. The van der Waals surface area contributed by atoms with E-state index in [4.69, 9.17) is 5.11 Å². The molecule has 0 aliphatic carbocycles. The first kappa shape index (κ1) is 13.0. The molecule has 0 atom stereocenters.